The van der Waals surface area contributed by atoms with Gasteiger partial charge in [-0.05, 0) is 60.2 Å². The first-order valence-electron chi connectivity index (χ1n) is 5.68. The summed E-state index contributed by atoms with van der Waals surface area (Å²) < 4.78 is 0.956. The maximum atomic E-state index is 12.2. The molecule has 3 nitrogen and oxygen atoms in total. The minimum atomic E-state index is -0.139. The lowest BCUT2D eigenvalue weighted by atomic mass is 10.1. The molecule has 0 radical (unpaired) electrons. The maximum Gasteiger partial charge on any atom is 0.256 e. The summed E-state index contributed by atoms with van der Waals surface area (Å²) >= 11 is 7.97. The number of rotatable bonds is 2. The number of carbonyl (C=O) groups is 1. The minimum absolute atomic E-state index is 0.139. The third-order valence-corrected chi connectivity index (χ3v) is 4.38. The van der Waals surface area contributed by atoms with Crippen LogP contribution in [0.15, 0.2) is 30.3 Å². The summed E-state index contributed by atoms with van der Waals surface area (Å²) in [6.45, 7) is 3.79. The van der Waals surface area contributed by atoms with Gasteiger partial charge in [-0.15, -0.1) is 0 Å². The van der Waals surface area contributed by atoms with Gasteiger partial charge < -0.3 is 5.32 Å². The molecule has 2 aromatic rings. The fourth-order valence-electron chi connectivity index (χ4n) is 1.67. The first-order valence-corrected chi connectivity index (χ1v) is 7.14. The molecular weight excluding hydrogens is 375 g/mol. The Balaban J connectivity index is 2.28. The van der Waals surface area contributed by atoms with E-state index in [0.29, 0.717) is 22.1 Å². The van der Waals surface area contributed by atoms with Gasteiger partial charge in [0, 0.05) is 3.57 Å². The number of nitrogens with zero attached hydrogens (tertiary/aromatic N) is 1. The second-order valence-corrected chi connectivity index (χ2v) is 5.62. The Labute approximate surface area is 130 Å². The number of benzene rings is 1. The van der Waals surface area contributed by atoms with Gasteiger partial charge in [0.05, 0.1) is 16.9 Å². The lowest BCUT2D eigenvalue weighted by molar-refractivity contribution is 0.102. The number of halogens is 2. The molecule has 1 amide bonds. The summed E-state index contributed by atoms with van der Waals surface area (Å²) in [5, 5.41) is 3.27. The number of hydrogen-bond donors (Lipinski definition) is 1. The van der Waals surface area contributed by atoms with Crippen LogP contribution in [0.3, 0.4) is 0 Å². The van der Waals surface area contributed by atoms with E-state index in [4.69, 9.17) is 11.6 Å². The van der Waals surface area contributed by atoms with Gasteiger partial charge in [-0.25, -0.2) is 4.98 Å². The van der Waals surface area contributed by atoms with Gasteiger partial charge in [0.15, 0.2) is 0 Å². The van der Waals surface area contributed by atoms with E-state index in [1.165, 1.54) is 0 Å². The highest BCUT2D eigenvalue weighted by atomic mass is 127. The number of amides is 1. The van der Waals surface area contributed by atoms with Gasteiger partial charge in [-0.3, -0.25) is 4.79 Å². The molecule has 0 saturated carbocycles. The van der Waals surface area contributed by atoms with Crippen molar-refractivity contribution in [2.75, 3.05) is 5.32 Å². The summed E-state index contributed by atoms with van der Waals surface area (Å²) in [5.41, 5.74) is 3.12. The van der Waals surface area contributed by atoms with Crippen LogP contribution in [0, 0.1) is 17.4 Å². The Morgan fingerprint density at radius 3 is 2.68 bits per heavy atom. The fraction of sp³-hybridized carbons (Fsp3) is 0.143. The van der Waals surface area contributed by atoms with Crippen molar-refractivity contribution >= 4 is 45.8 Å². The molecule has 1 aromatic heterocycles. The van der Waals surface area contributed by atoms with Crippen molar-refractivity contribution < 1.29 is 4.79 Å². The Morgan fingerprint density at radius 2 is 2.00 bits per heavy atom. The van der Waals surface area contributed by atoms with Crippen molar-refractivity contribution in [1.82, 2.24) is 4.98 Å². The summed E-state index contributed by atoms with van der Waals surface area (Å²) in [4.78, 5) is 16.4. The number of carbonyl (C=O) groups excluding carboxylic acids is 1. The van der Waals surface area contributed by atoms with E-state index in [9.17, 15) is 4.79 Å². The first kappa shape index (κ1) is 14.3. The molecule has 0 aliphatic heterocycles. The molecule has 98 valence electrons. The number of hydrogen-bond acceptors (Lipinski definition) is 2. The molecule has 0 aliphatic carbocycles. The van der Waals surface area contributed by atoms with Crippen LogP contribution in [-0.2, 0) is 0 Å². The zero-order valence-corrected chi connectivity index (χ0v) is 13.4. The van der Waals surface area contributed by atoms with Gasteiger partial charge in [0.1, 0.15) is 5.15 Å². The summed E-state index contributed by atoms with van der Waals surface area (Å²) in [6.07, 6.45) is 0. The van der Waals surface area contributed by atoms with Crippen molar-refractivity contribution in [3.63, 3.8) is 0 Å². The second kappa shape index (κ2) is 5.88. The zero-order valence-electron chi connectivity index (χ0n) is 10.5. The lowest BCUT2D eigenvalue weighted by Gasteiger charge is -2.10. The molecule has 0 bridgehead atoms. The van der Waals surface area contributed by atoms with Crippen LogP contribution in [0.5, 0.6) is 0 Å². The van der Waals surface area contributed by atoms with E-state index in [2.05, 4.69) is 32.9 Å². The van der Waals surface area contributed by atoms with Crippen LogP contribution in [0.4, 0.5) is 5.69 Å². The van der Waals surface area contributed by atoms with Gasteiger partial charge in [-0.1, -0.05) is 23.7 Å². The van der Waals surface area contributed by atoms with Crippen LogP contribution in [-0.4, -0.2) is 10.9 Å². The largest absolute Gasteiger partial charge is 0.320 e. The van der Waals surface area contributed by atoms with Crippen LogP contribution in [0.2, 0.25) is 5.15 Å². The summed E-state index contributed by atoms with van der Waals surface area (Å²) in [6, 6.07) is 9.08. The number of nitrogens with one attached hydrogen (secondary N) is 1. The second-order valence-electron chi connectivity index (χ2n) is 4.16. The maximum absolute atomic E-state index is 12.2. The molecule has 0 fully saturated rings. The van der Waals surface area contributed by atoms with Gasteiger partial charge in [0.2, 0.25) is 0 Å². The smallest absolute Gasteiger partial charge is 0.256 e. The third-order valence-electron chi connectivity index (χ3n) is 2.74. The van der Waals surface area contributed by atoms with Crippen LogP contribution < -0.4 is 5.32 Å². The number of aryl methyl sites for hydroxylation is 2. The first-order chi connectivity index (χ1) is 8.99. The predicted molar refractivity (Wildman–Crippen MR) is 85.8 cm³/mol. The van der Waals surface area contributed by atoms with Crippen LogP contribution >= 0.6 is 34.2 Å². The average Bonchev–Trinajstić information content (AvgIpc) is 2.36. The van der Waals surface area contributed by atoms with Crippen molar-refractivity contribution in [2.45, 2.75) is 13.8 Å². The molecule has 0 saturated heterocycles. The van der Waals surface area contributed by atoms with E-state index >= 15 is 0 Å². The molecule has 0 spiro atoms. The summed E-state index contributed by atoms with van der Waals surface area (Å²) in [7, 11) is 0. The standard InChI is InChI=1S/C14H12ClIN2O/c1-8-4-3-5-10(13(8)16)14(19)18-11-6-7-12(15)17-9(11)2/h3-7H,1-2H3,(H,18,19). The fourth-order valence-corrected chi connectivity index (χ4v) is 2.47. The van der Waals surface area contributed by atoms with Crippen LogP contribution in [0.25, 0.3) is 0 Å². The highest BCUT2D eigenvalue weighted by Gasteiger charge is 2.12. The molecule has 0 atom stereocenters. The van der Waals surface area contributed by atoms with Crippen molar-refractivity contribution in [3.05, 3.63) is 55.9 Å². The molecule has 0 unspecified atom stereocenters. The summed E-state index contributed by atoms with van der Waals surface area (Å²) in [5.74, 6) is -0.139. The van der Waals surface area contributed by atoms with Crippen molar-refractivity contribution in [3.8, 4) is 0 Å². The van der Waals surface area contributed by atoms with Gasteiger partial charge >= 0.3 is 0 Å². The number of anilines is 1. The van der Waals surface area contributed by atoms with Gasteiger partial charge in [0.25, 0.3) is 5.91 Å². The van der Waals surface area contributed by atoms with E-state index in [0.717, 1.165) is 9.13 Å². The molecule has 19 heavy (non-hydrogen) atoms. The molecular formula is C14H12ClIN2O. The number of aromatic nitrogens is 1. The predicted octanol–water partition coefficient (Wildman–Crippen LogP) is 4.21. The highest BCUT2D eigenvalue weighted by molar-refractivity contribution is 14.1. The highest BCUT2D eigenvalue weighted by Crippen LogP contribution is 2.20. The molecule has 1 aromatic carbocycles. The van der Waals surface area contributed by atoms with E-state index in [1.54, 1.807) is 12.1 Å². The Hall–Kier alpha value is -1.14. The zero-order chi connectivity index (χ0) is 14.0. The average molecular weight is 387 g/mol. The van der Waals surface area contributed by atoms with Gasteiger partial charge in [-0.2, -0.15) is 0 Å². The topological polar surface area (TPSA) is 42.0 Å². The Bertz CT molecular complexity index is 643. The SMILES string of the molecule is Cc1cccc(C(=O)Nc2ccc(Cl)nc2C)c1I. The molecule has 1 heterocycles. The normalized spacial score (nSPS) is 10.3. The Kier molecular flexibility index (Phi) is 4.42. The van der Waals surface area contributed by atoms with Crippen LogP contribution in [0.1, 0.15) is 21.6 Å². The van der Waals surface area contributed by atoms with Crippen molar-refractivity contribution in [1.29, 1.82) is 0 Å². The minimum Gasteiger partial charge on any atom is -0.320 e. The van der Waals surface area contributed by atoms with Crippen molar-refractivity contribution in [2.24, 2.45) is 0 Å². The molecule has 2 rings (SSSR count). The quantitative estimate of drug-likeness (QED) is 0.620. The monoisotopic (exact) mass is 386 g/mol. The molecule has 0 aliphatic rings. The molecule has 1 N–H and O–H groups in total. The third kappa shape index (κ3) is 3.25. The van der Waals surface area contributed by atoms with E-state index < -0.39 is 0 Å². The van der Waals surface area contributed by atoms with E-state index in [1.807, 2.05) is 32.0 Å². The number of pyridine rings is 1. The Morgan fingerprint density at radius 1 is 1.26 bits per heavy atom. The molecule has 5 heteroatoms. The van der Waals surface area contributed by atoms with E-state index in [-0.39, 0.29) is 5.91 Å². The lowest BCUT2D eigenvalue weighted by Crippen LogP contribution is -2.15.